The molecule has 1 heterocycles. The van der Waals surface area contributed by atoms with Gasteiger partial charge in [0.2, 0.25) is 16.0 Å². The van der Waals surface area contributed by atoms with E-state index in [-0.39, 0.29) is 4.90 Å². The number of hydrogen-bond donors (Lipinski definition) is 2. The summed E-state index contributed by atoms with van der Waals surface area (Å²) in [7, 11) is -3.49. The second kappa shape index (κ2) is 9.68. The van der Waals surface area contributed by atoms with Crippen LogP contribution in [0.15, 0.2) is 17.3 Å². The first kappa shape index (κ1) is 17.8. The molecule has 0 saturated heterocycles. The molecule has 6 nitrogen and oxygen atoms in total. The zero-order valence-electron chi connectivity index (χ0n) is 12.9. The Bertz CT molecular complexity index is 488. The molecule has 0 amide bonds. The Morgan fingerprint density at radius 2 is 1.62 bits per heavy atom. The summed E-state index contributed by atoms with van der Waals surface area (Å²) >= 11 is 0. The zero-order valence-corrected chi connectivity index (χ0v) is 13.7. The van der Waals surface area contributed by atoms with Gasteiger partial charge in [0.1, 0.15) is 4.90 Å². The summed E-state index contributed by atoms with van der Waals surface area (Å²) in [4.78, 5) is 8.05. The van der Waals surface area contributed by atoms with Gasteiger partial charge in [-0.05, 0) is 13.3 Å². The summed E-state index contributed by atoms with van der Waals surface area (Å²) in [6, 6.07) is 0. The van der Waals surface area contributed by atoms with Gasteiger partial charge in [-0.3, -0.25) is 0 Å². The average molecular weight is 314 g/mol. The number of sulfonamides is 1. The Hall–Kier alpha value is -1.21. The molecule has 0 bridgehead atoms. The van der Waals surface area contributed by atoms with Gasteiger partial charge in [0.25, 0.3) is 0 Å². The van der Waals surface area contributed by atoms with E-state index in [2.05, 4.69) is 26.9 Å². The van der Waals surface area contributed by atoms with Crippen molar-refractivity contribution in [2.75, 3.05) is 18.4 Å². The fourth-order valence-electron chi connectivity index (χ4n) is 1.90. The van der Waals surface area contributed by atoms with Gasteiger partial charge in [0, 0.05) is 13.1 Å². The molecule has 0 spiro atoms. The van der Waals surface area contributed by atoms with E-state index in [9.17, 15) is 8.42 Å². The molecule has 2 N–H and O–H groups in total. The van der Waals surface area contributed by atoms with Gasteiger partial charge in [-0.2, -0.15) is 0 Å². The fourth-order valence-corrected chi connectivity index (χ4v) is 2.86. The van der Waals surface area contributed by atoms with E-state index in [1.54, 1.807) is 0 Å². The third-order valence-electron chi connectivity index (χ3n) is 3.10. The summed E-state index contributed by atoms with van der Waals surface area (Å²) in [5.74, 6) is 0.437. The molecule has 1 rings (SSSR count). The van der Waals surface area contributed by atoms with Crippen LogP contribution < -0.4 is 10.0 Å². The van der Waals surface area contributed by atoms with Crippen LogP contribution in [0.1, 0.15) is 52.4 Å². The molecule has 0 aromatic carbocycles. The van der Waals surface area contributed by atoms with Gasteiger partial charge in [0.15, 0.2) is 0 Å². The van der Waals surface area contributed by atoms with Crippen molar-refractivity contribution in [3.63, 3.8) is 0 Å². The van der Waals surface area contributed by atoms with Gasteiger partial charge in [-0.1, -0.05) is 39.0 Å². The van der Waals surface area contributed by atoms with Crippen molar-refractivity contribution < 1.29 is 8.42 Å². The van der Waals surface area contributed by atoms with Gasteiger partial charge in [-0.15, -0.1) is 0 Å². The minimum Gasteiger partial charge on any atom is -0.355 e. The van der Waals surface area contributed by atoms with Crippen molar-refractivity contribution in [3.8, 4) is 0 Å². The minimum absolute atomic E-state index is 0.107. The van der Waals surface area contributed by atoms with Crippen molar-refractivity contribution >= 4 is 16.0 Å². The molecule has 0 atom stereocenters. The molecule has 0 aliphatic carbocycles. The average Bonchev–Trinajstić information content (AvgIpc) is 2.47. The van der Waals surface area contributed by atoms with Gasteiger partial charge >= 0.3 is 0 Å². The smallest absolute Gasteiger partial charge is 0.243 e. The lowest BCUT2D eigenvalue weighted by Crippen LogP contribution is -2.25. The summed E-state index contributed by atoms with van der Waals surface area (Å²) in [5, 5.41) is 2.93. The molecular formula is C14H26N4O2S. The number of rotatable bonds is 11. The van der Waals surface area contributed by atoms with Crippen molar-refractivity contribution in [3.05, 3.63) is 12.4 Å². The van der Waals surface area contributed by atoms with Gasteiger partial charge < -0.3 is 5.32 Å². The lowest BCUT2D eigenvalue weighted by atomic mass is 10.1. The predicted molar refractivity (Wildman–Crippen MR) is 84.8 cm³/mol. The van der Waals surface area contributed by atoms with E-state index < -0.39 is 10.0 Å². The Morgan fingerprint density at radius 3 is 2.24 bits per heavy atom. The van der Waals surface area contributed by atoms with Crippen LogP contribution in [0.4, 0.5) is 5.95 Å². The first-order valence-corrected chi connectivity index (χ1v) is 9.14. The largest absolute Gasteiger partial charge is 0.355 e. The SMILES string of the molecule is CCCCCCCCNS(=O)(=O)c1cnc(NCC)nc1. The molecule has 7 heteroatoms. The van der Waals surface area contributed by atoms with E-state index in [1.807, 2.05) is 6.92 Å². The summed E-state index contributed by atoms with van der Waals surface area (Å²) < 4.78 is 26.6. The molecular weight excluding hydrogens is 288 g/mol. The molecule has 21 heavy (non-hydrogen) atoms. The van der Waals surface area contributed by atoms with Crippen LogP contribution in [0.2, 0.25) is 0 Å². The molecule has 1 aromatic rings. The van der Waals surface area contributed by atoms with Crippen LogP contribution in [-0.2, 0) is 10.0 Å². The second-order valence-electron chi connectivity index (χ2n) is 4.94. The molecule has 1 aromatic heterocycles. The van der Waals surface area contributed by atoms with E-state index >= 15 is 0 Å². The fraction of sp³-hybridized carbons (Fsp3) is 0.714. The van der Waals surface area contributed by atoms with Gasteiger partial charge in [0.05, 0.1) is 12.4 Å². The molecule has 0 radical (unpaired) electrons. The van der Waals surface area contributed by atoms with E-state index in [4.69, 9.17) is 0 Å². The van der Waals surface area contributed by atoms with E-state index in [1.165, 1.54) is 31.7 Å². The normalized spacial score (nSPS) is 11.5. The predicted octanol–water partition coefficient (Wildman–Crippen LogP) is 2.55. The Morgan fingerprint density at radius 1 is 1.00 bits per heavy atom. The van der Waals surface area contributed by atoms with Crippen LogP contribution in [0.3, 0.4) is 0 Å². The lowest BCUT2D eigenvalue weighted by molar-refractivity contribution is 0.567. The highest BCUT2D eigenvalue weighted by Crippen LogP contribution is 2.08. The van der Waals surface area contributed by atoms with E-state index in [0.717, 1.165) is 19.3 Å². The maximum absolute atomic E-state index is 12.0. The third-order valence-corrected chi connectivity index (χ3v) is 4.51. The summed E-state index contributed by atoms with van der Waals surface area (Å²) in [6.07, 6.45) is 9.43. The highest BCUT2D eigenvalue weighted by atomic mass is 32.2. The van der Waals surface area contributed by atoms with Crippen LogP contribution >= 0.6 is 0 Å². The van der Waals surface area contributed by atoms with Crippen molar-refractivity contribution in [1.29, 1.82) is 0 Å². The van der Waals surface area contributed by atoms with Crippen LogP contribution in [0, 0.1) is 0 Å². The minimum atomic E-state index is -3.49. The highest BCUT2D eigenvalue weighted by molar-refractivity contribution is 7.89. The Kier molecular flexibility index (Phi) is 8.22. The van der Waals surface area contributed by atoms with Crippen LogP contribution in [-0.4, -0.2) is 31.5 Å². The molecule has 120 valence electrons. The second-order valence-corrected chi connectivity index (χ2v) is 6.71. The quantitative estimate of drug-likeness (QED) is 0.613. The standard InChI is InChI=1S/C14H26N4O2S/c1-3-5-6-7-8-9-10-18-21(19,20)13-11-16-14(15-4-2)17-12-13/h11-12,18H,3-10H2,1-2H3,(H,15,16,17). The number of aromatic nitrogens is 2. The van der Waals surface area contributed by atoms with Crippen molar-refractivity contribution in [2.24, 2.45) is 0 Å². The number of anilines is 1. The molecule has 0 aliphatic rings. The number of hydrogen-bond acceptors (Lipinski definition) is 5. The van der Waals surface area contributed by atoms with Crippen molar-refractivity contribution in [2.45, 2.75) is 57.3 Å². The van der Waals surface area contributed by atoms with Crippen LogP contribution in [0.25, 0.3) is 0 Å². The molecule has 0 unspecified atom stereocenters. The van der Waals surface area contributed by atoms with Crippen LogP contribution in [0.5, 0.6) is 0 Å². The number of nitrogens with zero attached hydrogens (tertiary/aromatic N) is 2. The zero-order chi connectivity index (χ0) is 15.6. The summed E-state index contributed by atoms with van der Waals surface area (Å²) in [6.45, 7) is 5.26. The molecule has 0 fully saturated rings. The Labute approximate surface area is 127 Å². The maximum Gasteiger partial charge on any atom is 0.243 e. The Balaban J connectivity index is 2.35. The monoisotopic (exact) mass is 314 g/mol. The molecule has 0 aliphatic heterocycles. The number of unbranched alkanes of at least 4 members (excludes halogenated alkanes) is 5. The first-order valence-electron chi connectivity index (χ1n) is 7.65. The lowest BCUT2D eigenvalue weighted by Gasteiger charge is -2.07. The third kappa shape index (κ3) is 6.86. The highest BCUT2D eigenvalue weighted by Gasteiger charge is 2.14. The number of nitrogens with one attached hydrogen (secondary N) is 2. The van der Waals surface area contributed by atoms with E-state index in [0.29, 0.717) is 19.0 Å². The van der Waals surface area contributed by atoms with Crippen molar-refractivity contribution in [1.82, 2.24) is 14.7 Å². The first-order chi connectivity index (χ1) is 10.1. The van der Waals surface area contributed by atoms with Gasteiger partial charge in [-0.25, -0.2) is 23.1 Å². The topological polar surface area (TPSA) is 84.0 Å². The summed E-state index contributed by atoms with van der Waals surface area (Å²) in [5.41, 5.74) is 0. The maximum atomic E-state index is 12.0. The molecule has 0 saturated carbocycles.